The Hall–Kier alpha value is -0.370. The van der Waals surface area contributed by atoms with Crippen molar-refractivity contribution >= 4 is 6.29 Å². The summed E-state index contributed by atoms with van der Waals surface area (Å²) in [5.74, 6) is 0.499. The molecule has 0 aromatic carbocycles. The fourth-order valence-electron chi connectivity index (χ4n) is 1.88. The predicted octanol–water partition coefficient (Wildman–Crippen LogP) is 2.03. The first-order valence-corrected chi connectivity index (χ1v) is 4.79. The van der Waals surface area contributed by atoms with E-state index in [1.807, 2.05) is 0 Å². The smallest absolute Gasteiger partial charge is 0.126 e. The Morgan fingerprint density at radius 3 is 2.50 bits per heavy atom. The Labute approximate surface area is 74.3 Å². The molecule has 0 amide bonds. The second-order valence-corrected chi connectivity index (χ2v) is 3.77. The van der Waals surface area contributed by atoms with Crippen LogP contribution >= 0.6 is 0 Å². The lowest BCUT2D eigenvalue weighted by Crippen LogP contribution is -2.36. The van der Waals surface area contributed by atoms with Crippen LogP contribution < -0.4 is 0 Å². The monoisotopic (exact) mass is 170 g/mol. The van der Waals surface area contributed by atoms with Crippen LogP contribution in [0.15, 0.2) is 0 Å². The van der Waals surface area contributed by atoms with Crippen molar-refractivity contribution in [2.75, 3.05) is 13.2 Å². The highest BCUT2D eigenvalue weighted by Gasteiger charge is 2.36. The number of carbonyl (C=O) groups is 1. The Kier molecular flexibility index (Phi) is 3.27. The topological polar surface area (TPSA) is 26.3 Å². The summed E-state index contributed by atoms with van der Waals surface area (Å²) in [4.78, 5) is 11.0. The summed E-state index contributed by atoms with van der Waals surface area (Å²) >= 11 is 0. The van der Waals surface area contributed by atoms with E-state index in [0.717, 1.165) is 38.8 Å². The molecule has 0 aliphatic carbocycles. The first-order chi connectivity index (χ1) is 5.75. The maximum Gasteiger partial charge on any atom is 0.126 e. The van der Waals surface area contributed by atoms with E-state index in [0.29, 0.717) is 5.92 Å². The van der Waals surface area contributed by atoms with Crippen molar-refractivity contribution in [1.82, 2.24) is 0 Å². The molecule has 1 atom stereocenters. The zero-order valence-electron chi connectivity index (χ0n) is 8.01. The highest BCUT2D eigenvalue weighted by molar-refractivity contribution is 5.60. The standard InChI is InChI=1S/C10H18O2/c1-3-9(2)10(8-11)4-6-12-7-5-10/h8-9H,3-7H2,1-2H3. The summed E-state index contributed by atoms with van der Waals surface area (Å²) in [6, 6.07) is 0. The summed E-state index contributed by atoms with van der Waals surface area (Å²) < 4.78 is 5.26. The lowest BCUT2D eigenvalue weighted by Gasteiger charge is -2.36. The summed E-state index contributed by atoms with van der Waals surface area (Å²) in [7, 11) is 0. The van der Waals surface area contributed by atoms with Crippen LogP contribution in [0, 0.1) is 11.3 Å². The molecule has 1 fully saturated rings. The maximum atomic E-state index is 11.0. The molecule has 1 rings (SSSR count). The van der Waals surface area contributed by atoms with Crippen LogP contribution in [0.3, 0.4) is 0 Å². The molecule has 1 heterocycles. The predicted molar refractivity (Wildman–Crippen MR) is 48.0 cm³/mol. The van der Waals surface area contributed by atoms with Crippen molar-refractivity contribution in [2.24, 2.45) is 11.3 Å². The second-order valence-electron chi connectivity index (χ2n) is 3.77. The first-order valence-electron chi connectivity index (χ1n) is 4.79. The second kappa shape index (κ2) is 4.04. The van der Waals surface area contributed by atoms with E-state index in [4.69, 9.17) is 4.74 Å². The molecule has 12 heavy (non-hydrogen) atoms. The fourth-order valence-corrected chi connectivity index (χ4v) is 1.88. The van der Waals surface area contributed by atoms with Crippen LogP contribution in [0.5, 0.6) is 0 Å². The zero-order chi connectivity index (χ0) is 9.03. The van der Waals surface area contributed by atoms with E-state index in [1.165, 1.54) is 0 Å². The lowest BCUT2D eigenvalue weighted by atomic mass is 9.71. The van der Waals surface area contributed by atoms with Crippen LogP contribution in [0.2, 0.25) is 0 Å². The highest BCUT2D eigenvalue weighted by atomic mass is 16.5. The number of carbonyl (C=O) groups excluding carboxylic acids is 1. The van der Waals surface area contributed by atoms with Gasteiger partial charge in [-0.3, -0.25) is 0 Å². The van der Waals surface area contributed by atoms with Crippen LogP contribution in [0.4, 0.5) is 0 Å². The quantitative estimate of drug-likeness (QED) is 0.606. The molecule has 1 aliphatic heterocycles. The molecule has 1 aliphatic rings. The molecule has 0 spiro atoms. The summed E-state index contributed by atoms with van der Waals surface area (Å²) in [6.45, 7) is 5.82. The van der Waals surface area contributed by atoms with Crippen molar-refractivity contribution < 1.29 is 9.53 Å². The molecule has 0 aromatic heterocycles. The Balaban J connectivity index is 2.65. The zero-order valence-corrected chi connectivity index (χ0v) is 8.01. The van der Waals surface area contributed by atoms with Gasteiger partial charge in [-0.25, -0.2) is 0 Å². The van der Waals surface area contributed by atoms with Crippen molar-refractivity contribution in [2.45, 2.75) is 33.1 Å². The lowest BCUT2D eigenvalue weighted by molar-refractivity contribution is -0.125. The Morgan fingerprint density at radius 1 is 1.50 bits per heavy atom. The number of hydrogen-bond acceptors (Lipinski definition) is 2. The number of ether oxygens (including phenoxy) is 1. The highest BCUT2D eigenvalue weighted by Crippen LogP contribution is 2.37. The summed E-state index contributed by atoms with van der Waals surface area (Å²) in [5.41, 5.74) is -0.0764. The van der Waals surface area contributed by atoms with Gasteiger partial charge >= 0.3 is 0 Å². The van der Waals surface area contributed by atoms with E-state index in [-0.39, 0.29) is 5.41 Å². The molecule has 0 aromatic rings. The SMILES string of the molecule is CCC(C)C1(C=O)CCOCC1. The van der Waals surface area contributed by atoms with Crippen molar-refractivity contribution in [3.05, 3.63) is 0 Å². The first kappa shape index (κ1) is 9.72. The van der Waals surface area contributed by atoms with Gasteiger partial charge in [0.05, 0.1) is 0 Å². The Bertz CT molecular complexity index is 148. The van der Waals surface area contributed by atoms with E-state index in [1.54, 1.807) is 0 Å². The van der Waals surface area contributed by atoms with E-state index in [9.17, 15) is 4.79 Å². The fraction of sp³-hybridized carbons (Fsp3) is 0.900. The number of aldehydes is 1. The van der Waals surface area contributed by atoms with Gasteiger partial charge in [0.15, 0.2) is 0 Å². The molecule has 2 nitrogen and oxygen atoms in total. The van der Waals surface area contributed by atoms with E-state index >= 15 is 0 Å². The maximum absolute atomic E-state index is 11.0. The van der Waals surface area contributed by atoms with Gasteiger partial charge < -0.3 is 9.53 Å². The van der Waals surface area contributed by atoms with Gasteiger partial charge in [0.1, 0.15) is 6.29 Å². The third-order valence-electron chi connectivity index (χ3n) is 3.25. The van der Waals surface area contributed by atoms with Crippen LogP contribution in [-0.4, -0.2) is 19.5 Å². The number of hydrogen-bond donors (Lipinski definition) is 0. The summed E-state index contributed by atoms with van der Waals surface area (Å²) in [6.07, 6.45) is 4.06. The van der Waals surface area contributed by atoms with Gasteiger partial charge in [0.2, 0.25) is 0 Å². The van der Waals surface area contributed by atoms with Crippen molar-refractivity contribution in [3.63, 3.8) is 0 Å². The van der Waals surface area contributed by atoms with Crippen molar-refractivity contribution in [1.29, 1.82) is 0 Å². The average molecular weight is 170 g/mol. The molecule has 2 heteroatoms. The van der Waals surface area contributed by atoms with Crippen molar-refractivity contribution in [3.8, 4) is 0 Å². The third-order valence-corrected chi connectivity index (χ3v) is 3.25. The van der Waals surface area contributed by atoms with Crippen LogP contribution in [0.1, 0.15) is 33.1 Å². The summed E-state index contributed by atoms with van der Waals surface area (Å²) in [5, 5.41) is 0. The van der Waals surface area contributed by atoms with E-state index in [2.05, 4.69) is 13.8 Å². The van der Waals surface area contributed by atoms with Gasteiger partial charge in [0.25, 0.3) is 0 Å². The van der Waals surface area contributed by atoms with Gasteiger partial charge in [-0.1, -0.05) is 20.3 Å². The minimum atomic E-state index is -0.0764. The minimum absolute atomic E-state index is 0.0764. The molecule has 0 saturated carbocycles. The largest absolute Gasteiger partial charge is 0.381 e. The van der Waals surface area contributed by atoms with Gasteiger partial charge in [0, 0.05) is 18.6 Å². The van der Waals surface area contributed by atoms with Gasteiger partial charge in [-0.05, 0) is 18.8 Å². The molecule has 70 valence electrons. The normalized spacial score (nSPS) is 24.8. The minimum Gasteiger partial charge on any atom is -0.381 e. The molecule has 0 radical (unpaired) electrons. The van der Waals surface area contributed by atoms with E-state index < -0.39 is 0 Å². The molecular formula is C10H18O2. The molecule has 1 unspecified atom stereocenters. The molecule has 1 saturated heterocycles. The molecule has 0 bridgehead atoms. The average Bonchev–Trinajstić information content (AvgIpc) is 2.17. The van der Waals surface area contributed by atoms with Gasteiger partial charge in [-0.15, -0.1) is 0 Å². The van der Waals surface area contributed by atoms with Crippen LogP contribution in [0.25, 0.3) is 0 Å². The Morgan fingerprint density at radius 2 is 2.08 bits per heavy atom. The van der Waals surface area contributed by atoms with Crippen LogP contribution in [-0.2, 0) is 9.53 Å². The third kappa shape index (κ3) is 1.69. The molecule has 0 N–H and O–H groups in total. The molecular weight excluding hydrogens is 152 g/mol. The van der Waals surface area contributed by atoms with Gasteiger partial charge in [-0.2, -0.15) is 0 Å². The number of rotatable bonds is 3.